The lowest BCUT2D eigenvalue weighted by Crippen LogP contribution is -2.10. The Hall–Kier alpha value is -1.32. The van der Waals surface area contributed by atoms with E-state index in [2.05, 4.69) is 29.1 Å². The summed E-state index contributed by atoms with van der Waals surface area (Å²) in [6.45, 7) is 4.37. The van der Waals surface area contributed by atoms with Crippen molar-refractivity contribution in [2.75, 3.05) is 11.1 Å². The Morgan fingerprint density at radius 1 is 1.53 bits per heavy atom. The molecule has 2 rings (SSSR count). The average molecular weight is 206 g/mol. The highest BCUT2D eigenvalue weighted by atomic mass is 15.1. The van der Waals surface area contributed by atoms with Gasteiger partial charge in [0.2, 0.25) is 0 Å². The smallest absolute Gasteiger partial charge is 0.134 e. The van der Waals surface area contributed by atoms with Crippen LogP contribution in [0.4, 0.5) is 11.6 Å². The Labute approximate surface area is 90.3 Å². The molecule has 82 valence electrons. The molecule has 1 aromatic heterocycles. The van der Waals surface area contributed by atoms with Gasteiger partial charge in [0.25, 0.3) is 0 Å². The molecular weight excluding hydrogens is 188 g/mol. The van der Waals surface area contributed by atoms with E-state index in [-0.39, 0.29) is 0 Å². The minimum Gasteiger partial charge on any atom is -0.383 e. The molecule has 3 N–H and O–H groups in total. The lowest BCUT2D eigenvalue weighted by molar-refractivity contribution is 0.885. The van der Waals surface area contributed by atoms with Gasteiger partial charge in [-0.15, -0.1) is 0 Å². The van der Waals surface area contributed by atoms with Crippen LogP contribution >= 0.6 is 0 Å². The molecule has 0 aromatic carbocycles. The van der Waals surface area contributed by atoms with E-state index in [4.69, 9.17) is 5.73 Å². The van der Waals surface area contributed by atoms with E-state index in [1.165, 1.54) is 12.7 Å². The van der Waals surface area contributed by atoms with Gasteiger partial charge in [0, 0.05) is 11.6 Å². The fourth-order valence-electron chi connectivity index (χ4n) is 1.75. The first-order chi connectivity index (χ1) is 7.22. The maximum Gasteiger partial charge on any atom is 0.134 e. The summed E-state index contributed by atoms with van der Waals surface area (Å²) in [5.74, 6) is 2.30. The summed E-state index contributed by atoms with van der Waals surface area (Å²) in [5.41, 5.74) is 6.92. The molecule has 1 aromatic rings. The molecule has 1 fully saturated rings. The van der Waals surface area contributed by atoms with Crippen LogP contribution in [-0.2, 0) is 6.42 Å². The number of hydrogen-bond acceptors (Lipinski definition) is 4. The summed E-state index contributed by atoms with van der Waals surface area (Å²) in [6, 6.07) is 0.579. The molecule has 0 aliphatic heterocycles. The van der Waals surface area contributed by atoms with Gasteiger partial charge in [0.05, 0.1) is 0 Å². The minimum atomic E-state index is 0.579. The van der Waals surface area contributed by atoms with Crippen LogP contribution in [0.15, 0.2) is 6.33 Å². The maximum atomic E-state index is 5.85. The molecule has 0 bridgehead atoms. The first-order valence-corrected chi connectivity index (χ1v) is 5.58. The third-order valence-electron chi connectivity index (χ3n) is 2.91. The third kappa shape index (κ3) is 2.19. The molecule has 1 aliphatic rings. The molecule has 0 saturated heterocycles. The van der Waals surface area contributed by atoms with E-state index in [0.29, 0.717) is 11.9 Å². The first kappa shape index (κ1) is 10.2. The molecule has 4 heteroatoms. The Balaban J connectivity index is 2.17. The molecule has 0 spiro atoms. The van der Waals surface area contributed by atoms with Gasteiger partial charge < -0.3 is 11.1 Å². The van der Waals surface area contributed by atoms with Crippen LogP contribution < -0.4 is 11.1 Å². The Bertz CT molecular complexity index is 350. The van der Waals surface area contributed by atoms with E-state index < -0.39 is 0 Å². The fourth-order valence-corrected chi connectivity index (χ4v) is 1.75. The minimum absolute atomic E-state index is 0.579. The highest BCUT2D eigenvalue weighted by Crippen LogP contribution is 2.33. The molecule has 1 aliphatic carbocycles. The molecule has 1 saturated carbocycles. The van der Waals surface area contributed by atoms with E-state index in [1.54, 1.807) is 0 Å². The Morgan fingerprint density at radius 2 is 2.27 bits per heavy atom. The molecule has 1 heterocycles. The summed E-state index contributed by atoms with van der Waals surface area (Å²) in [4.78, 5) is 8.30. The van der Waals surface area contributed by atoms with Gasteiger partial charge in [0.1, 0.15) is 18.0 Å². The van der Waals surface area contributed by atoms with E-state index >= 15 is 0 Å². The van der Waals surface area contributed by atoms with Crippen molar-refractivity contribution in [3.05, 3.63) is 11.9 Å². The molecule has 2 unspecified atom stereocenters. The topological polar surface area (TPSA) is 63.8 Å². The van der Waals surface area contributed by atoms with E-state index in [0.717, 1.165) is 30.1 Å². The maximum absolute atomic E-state index is 5.85. The zero-order valence-electron chi connectivity index (χ0n) is 9.33. The van der Waals surface area contributed by atoms with Gasteiger partial charge in [-0.25, -0.2) is 9.97 Å². The summed E-state index contributed by atoms with van der Waals surface area (Å²) >= 11 is 0. The summed E-state index contributed by atoms with van der Waals surface area (Å²) < 4.78 is 0. The first-order valence-electron chi connectivity index (χ1n) is 5.58. The monoisotopic (exact) mass is 206 g/mol. The quantitative estimate of drug-likeness (QED) is 0.789. The zero-order chi connectivity index (χ0) is 10.8. The molecule has 4 nitrogen and oxygen atoms in total. The molecule has 0 radical (unpaired) electrons. The number of aromatic nitrogens is 2. The standard InChI is InChI=1S/C11H18N4/c1-3-4-8-10(12)13-6-14-11(8)15-9-5-7(9)2/h6-7,9H,3-5H2,1-2H3,(H3,12,13,14,15). The van der Waals surface area contributed by atoms with Gasteiger partial charge in [-0.05, 0) is 18.8 Å². The molecule has 2 atom stereocenters. The molecular formula is C11H18N4. The second-order valence-electron chi connectivity index (χ2n) is 4.30. The SMILES string of the molecule is CCCc1c(N)ncnc1NC1CC1C. The van der Waals surface area contributed by atoms with Crippen LogP contribution in [0, 0.1) is 5.92 Å². The van der Waals surface area contributed by atoms with Gasteiger partial charge in [0.15, 0.2) is 0 Å². The van der Waals surface area contributed by atoms with E-state index in [1.807, 2.05) is 0 Å². The number of nitrogens with two attached hydrogens (primary N) is 1. The number of rotatable bonds is 4. The summed E-state index contributed by atoms with van der Waals surface area (Å²) in [7, 11) is 0. The zero-order valence-corrected chi connectivity index (χ0v) is 9.33. The number of nitrogens with one attached hydrogen (secondary N) is 1. The number of anilines is 2. The van der Waals surface area contributed by atoms with Crippen molar-refractivity contribution in [3.63, 3.8) is 0 Å². The van der Waals surface area contributed by atoms with Crippen LogP contribution in [0.25, 0.3) is 0 Å². The Kier molecular flexibility index (Phi) is 2.75. The van der Waals surface area contributed by atoms with Crippen molar-refractivity contribution in [1.29, 1.82) is 0 Å². The predicted molar refractivity (Wildman–Crippen MR) is 61.6 cm³/mol. The van der Waals surface area contributed by atoms with Crippen molar-refractivity contribution in [1.82, 2.24) is 9.97 Å². The van der Waals surface area contributed by atoms with Gasteiger partial charge in [-0.2, -0.15) is 0 Å². The van der Waals surface area contributed by atoms with Gasteiger partial charge in [-0.1, -0.05) is 20.3 Å². The van der Waals surface area contributed by atoms with Crippen molar-refractivity contribution >= 4 is 11.6 Å². The lowest BCUT2D eigenvalue weighted by Gasteiger charge is -2.11. The van der Waals surface area contributed by atoms with E-state index in [9.17, 15) is 0 Å². The normalized spacial score (nSPS) is 23.9. The van der Waals surface area contributed by atoms with Crippen molar-refractivity contribution in [2.45, 2.75) is 39.2 Å². The predicted octanol–water partition coefficient (Wildman–Crippen LogP) is 1.83. The fraction of sp³-hybridized carbons (Fsp3) is 0.636. The van der Waals surface area contributed by atoms with Gasteiger partial charge in [-0.3, -0.25) is 0 Å². The number of nitrogen functional groups attached to an aromatic ring is 1. The second kappa shape index (κ2) is 4.04. The third-order valence-corrected chi connectivity index (χ3v) is 2.91. The van der Waals surface area contributed by atoms with Crippen LogP contribution in [0.3, 0.4) is 0 Å². The summed E-state index contributed by atoms with van der Waals surface area (Å²) in [6.07, 6.45) is 4.77. The number of nitrogens with zero attached hydrogens (tertiary/aromatic N) is 2. The second-order valence-corrected chi connectivity index (χ2v) is 4.30. The van der Waals surface area contributed by atoms with Crippen LogP contribution in [0.1, 0.15) is 32.3 Å². The highest BCUT2D eigenvalue weighted by Gasteiger charge is 2.33. The van der Waals surface area contributed by atoms with Crippen molar-refractivity contribution in [3.8, 4) is 0 Å². The highest BCUT2D eigenvalue weighted by molar-refractivity contribution is 5.56. The summed E-state index contributed by atoms with van der Waals surface area (Å²) in [5, 5.41) is 3.43. The van der Waals surface area contributed by atoms with Gasteiger partial charge >= 0.3 is 0 Å². The Morgan fingerprint density at radius 3 is 2.87 bits per heavy atom. The molecule has 15 heavy (non-hydrogen) atoms. The number of hydrogen-bond donors (Lipinski definition) is 2. The van der Waals surface area contributed by atoms with Crippen molar-refractivity contribution in [2.24, 2.45) is 5.92 Å². The largest absolute Gasteiger partial charge is 0.383 e. The molecule has 0 amide bonds. The van der Waals surface area contributed by atoms with Crippen molar-refractivity contribution < 1.29 is 0 Å². The van der Waals surface area contributed by atoms with Crippen LogP contribution in [0.5, 0.6) is 0 Å². The lowest BCUT2D eigenvalue weighted by atomic mass is 10.1. The van der Waals surface area contributed by atoms with Crippen LogP contribution in [0.2, 0.25) is 0 Å². The van der Waals surface area contributed by atoms with Crippen LogP contribution in [-0.4, -0.2) is 16.0 Å². The average Bonchev–Trinajstić information content (AvgIpc) is 2.88.